The molecule has 0 radical (unpaired) electrons. The predicted octanol–water partition coefficient (Wildman–Crippen LogP) is 3.10. The first kappa shape index (κ1) is 13.5. The van der Waals surface area contributed by atoms with Crippen molar-refractivity contribution in [1.29, 1.82) is 0 Å². The SMILES string of the molecule is COC1(CC(O)Cc2ccnc3ccccc23)CCC1. The maximum absolute atomic E-state index is 10.4. The fourth-order valence-corrected chi connectivity index (χ4v) is 3.15. The summed E-state index contributed by atoms with van der Waals surface area (Å²) in [5, 5.41) is 11.5. The van der Waals surface area contributed by atoms with Crippen LogP contribution in [0.3, 0.4) is 0 Å². The summed E-state index contributed by atoms with van der Waals surface area (Å²) in [5.74, 6) is 0. The van der Waals surface area contributed by atoms with E-state index in [1.54, 1.807) is 7.11 Å². The summed E-state index contributed by atoms with van der Waals surface area (Å²) in [6.07, 6.45) is 6.18. The molecule has 0 amide bonds. The molecule has 1 aliphatic rings. The van der Waals surface area contributed by atoms with E-state index in [0.717, 1.165) is 35.7 Å². The Morgan fingerprint density at radius 1 is 1.30 bits per heavy atom. The Kier molecular flexibility index (Phi) is 3.72. The predicted molar refractivity (Wildman–Crippen MR) is 79.7 cm³/mol. The number of benzene rings is 1. The van der Waals surface area contributed by atoms with Crippen molar-refractivity contribution in [3.05, 3.63) is 42.1 Å². The highest BCUT2D eigenvalue weighted by Crippen LogP contribution is 2.39. The van der Waals surface area contributed by atoms with E-state index in [0.29, 0.717) is 6.42 Å². The van der Waals surface area contributed by atoms with Crippen LogP contribution >= 0.6 is 0 Å². The number of aliphatic hydroxyl groups is 1. The Bertz CT molecular complexity index is 582. The summed E-state index contributed by atoms with van der Waals surface area (Å²) in [7, 11) is 1.76. The van der Waals surface area contributed by atoms with Crippen LogP contribution in [0.25, 0.3) is 10.9 Å². The molecule has 3 rings (SSSR count). The van der Waals surface area contributed by atoms with Gasteiger partial charge in [0.1, 0.15) is 0 Å². The van der Waals surface area contributed by atoms with Gasteiger partial charge in [0.05, 0.1) is 17.2 Å². The van der Waals surface area contributed by atoms with Gasteiger partial charge in [-0.2, -0.15) is 0 Å². The molecule has 3 nitrogen and oxygen atoms in total. The van der Waals surface area contributed by atoms with Gasteiger partial charge in [-0.1, -0.05) is 18.2 Å². The molecule has 1 aromatic heterocycles. The molecule has 1 saturated carbocycles. The van der Waals surface area contributed by atoms with Gasteiger partial charge in [-0.05, 0) is 43.4 Å². The quantitative estimate of drug-likeness (QED) is 0.908. The van der Waals surface area contributed by atoms with Crippen LogP contribution in [0.4, 0.5) is 0 Å². The number of aromatic nitrogens is 1. The number of hydrogen-bond acceptors (Lipinski definition) is 3. The van der Waals surface area contributed by atoms with Gasteiger partial charge in [0, 0.05) is 25.1 Å². The summed E-state index contributed by atoms with van der Waals surface area (Å²) in [6.45, 7) is 0. The number of para-hydroxylation sites is 1. The van der Waals surface area contributed by atoms with E-state index >= 15 is 0 Å². The molecule has 1 atom stereocenters. The molecule has 1 heterocycles. The van der Waals surface area contributed by atoms with Crippen molar-refractivity contribution in [3.8, 4) is 0 Å². The van der Waals surface area contributed by atoms with Crippen LogP contribution in [-0.2, 0) is 11.2 Å². The molecule has 1 fully saturated rings. The lowest BCUT2D eigenvalue weighted by Crippen LogP contribution is -2.42. The number of rotatable bonds is 5. The summed E-state index contributed by atoms with van der Waals surface area (Å²) in [6, 6.07) is 10.1. The van der Waals surface area contributed by atoms with E-state index in [-0.39, 0.29) is 11.7 Å². The van der Waals surface area contributed by atoms with E-state index in [1.165, 1.54) is 6.42 Å². The number of hydrogen-bond donors (Lipinski definition) is 1. The molecule has 0 aliphatic heterocycles. The van der Waals surface area contributed by atoms with Gasteiger partial charge in [-0.15, -0.1) is 0 Å². The highest BCUT2D eigenvalue weighted by Gasteiger charge is 2.38. The third-order valence-electron chi connectivity index (χ3n) is 4.50. The van der Waals surface area contributed by atoms with Crippen LogP contribution in [0.15, 0.2) is 36.5 Å². The summed E-state index contributed by atoms with van der Waals surface area (Å²) < 4.78 is 5.60. The number of nitrogens with zero attached hydrogens (tertiary/aromatic N) is 1. The lowest BCUT2D eigenvalue weighted by Gasteiger charge is -2.41. The molecule has 20 heavy (non-hydrogen) atoms. The molecular weight excluding hydrogens is 250 g/mol. The van der Waals surface area contributed by atoms with Crippen molar-refractivity contribution in [2.45, 2.75) is 43.8 Å². The first-order valence-corrected chi connectivity index (χ1v) is 7.28. The smallest absolute Gasteiger partial charge is 0.0704 e. The van der Waals surface area contributed by atoms with Gasteiger partial charge in [-0.25, -0.2) is 0 Å². The van der Waals surface area contributed by atoms with Crippen molar-refractivity contribution in [2.75, 3.05) is 7.11 Å². The molecule has 3 heteroatoms. The van der Waals surface area contributed by atoms with E-state index < -0.39 is 0 Å². The largest absolute Gasteiger partial charge is 0.393 e. The monoisotopic (exact) mass is 271 g/mol. The Morgan fingerprint density at radius 2 is 2.10 bits per heavy atom. The highest BCUT2D eigenvalue weighted by atomic mass is 16.5. The molecule has 1 unspecified atom stereocenters. The van der Waals surface area contributed by atoms with E-state index in [2.05, 4.69) is 11.1 Å². The van der Waals surface area contributed by atoms with Crippen LogP contribution in [0.1, 0.15) is 31.2 Å². The van der Waals surface area contributed by atoms with Gasteiger partial charge < -0.3 is 9.84 Å². The molecular formula is C17H21NO2. The topological polar surface area (TPSA) is 42.4 Å². The standard InChI is InChI=1S/C17H21NO2/c1-20-17(8-4-9-17)12-14(19)11-13-7-10-18-16-6-3-2-5-15(13)16/h2-3,5-7,10,14,19H,4,8-9,11-12H2,1H3. The molecule has 0 spiro atoms. The minimum Gasteiger partial charge on any atom is -0.393 e. The molecule has 1 aliphatic carbocycles. The third kappa shape index (κ3) is 2.56. The number of ether oxygens (including phenoxy) is 1. The summed E-state index contributed by atoms with van der Waals surface area (Å²) >= 11 is 0. The van der Waals surface area contributed by atoms with Crippen molar-refractivity contribution in [3.63, 3.8) is 0 Å². The fourth-order valence-electron chi connectivity index (χ4n) is 3.15. The number of fused-ring (bicyclic) bond motifs is 1. The highest BCUT2D eigenvalue weighted by molar-refractivity contribution is 5.81. The van der Waals surface area contributed by atoms with Crippen molar-refractivity contribution >= 4 is 10.9 Å². The van der Waals surface area contributed by atoms with Crippen molar-refractivity contribution < 1.29 is 9.84 Å². The van der Waals surface area contributed by atoms with Gasteiger partial charge in [0.2, 0.25) is 0 Å². The molecule has 106 valence electrons. The van der Waals surface area contributed by atoms with E-state index in [4.69, 9.17) is 4.74 Å². The first-order valence-electron chi connectivity index (χ1n) is 7.28. The second-order valence-electron chi connectivity index (χ2n) is 5.79. The molecule has 0 saturated heterocycles. The van der Waals surface area contributed by atoms with Gasteiger partial charge in [-0.3, -0.25) is 4.98 Å². The second kappa shape index (κ2) is 5.51. The number of methoxy groups -OCH3 is 1. The normalized spacial score (nSPS) is 18.7. The maximum atomic E-state index is 10.4. The second-order valence-corrected chi connectivity index (χ2v) is 5.79. The maximum Gasteiger partial charge on any atom is 0.0704 e. The lowest BCUT2D eigenvalue weighted by molar-refractivity contribution is -0.0988. The number of pyridine rings is 1. The van der Waals surface area contributed by atoms with Crippen LogP contribution in [0, 0.1) is 0 Å². The van der Waals surface area contributed by atoms with E-state index in [9.17, 15) is 5.11 Å². The minimum absolute atomic E-state index is 0.0811. The van der Waals surface area contributed by atoms with Gasteiger partial charge in [0.15, 0.2) is 0 Å². The zero-order chi connectivity index (χ0) is 14.0. The molecule has 2 aromatic rings. The van der Waals surface area contributed by atoms with Gasteiger partial charge in [0.25, 0.3) is 0 Å². The zero-order valence-electron chi connectivity index (χ0n) is 11.9. The minimum atomic E-state index is -0.360. The van der Waals surface area contributed by atoms with Crippen LogP contribution in [-0.4, -0.2) is 28.9 Å². The Balaban J connectivity index is 1.76. The van der Waals surface area contributed by atoms with Crippen LogP contribution < -0.4 is 0 Å². The van der Waals surface area contributed by atoms with Crippen LogP contribution in [0.5, 0.6) is 0 Å². The summed E-state index contributed by atoms with van der Waals surface area (Å²) in [5.41, 5.74) is 2.07. The lowest BCUT2D eigenvalue weighted by atomic mass is 9.75. The first-order chi connectivity index (χ1) is 9.72. The molecule has 1 N–H and O–H groups in total. The zero-order valence-corrected chi connectivity index (χ0v) is 11.9. The average molecular weight is 271 g/mol. The Hall–Kier alpha value is -1.45. The molecule has 1 aromatic carbocycles. The average Bonchev–Trinajstić information content (AvgIpc) is 2.43. The van der Waals surface area contributed by atoms with E-state index in [1.807, 2.05) is 30.5 Å². The Labute approximate surface area is 119 Å². The van der Waals surface area contributed by atoms with Crippen molar-refractivity contribution in [1.82, 2.24) is 4.98 Å². The fraction of sp³-hybridized carbons (Fsp3) is 0.471. The Morgan fingerprint density at radius 3 is 2.80 bits per heavy atom. The summed E-state index contributed by atoms with van der Waals surface area (Å²) in [4.78, 5) is 4.36. The van der Waals surface area contributed by atoms with Crippen LogP contribution in [0.2, 0.25) is 0 Å². The molecule has 0 bridgehead atoms. The van der Waals surface area contributed by atoms with Gasteiger partial charge >= 0.3 is 0 Å². The van der Waals surface area contributed by atoms with Crippen molar-refractivity contribution in [2.24, 2.45) is 0 Å². The number of aliphatic hydroxyl groups excluding tert-OH is 1. The third-order valence-corrected chi connectivity index (χ3v) is 4.50.